The van der Waals surface area contributed by atoms with Gasteiger partial charge in [-0.25, -0.2) is 9.98 Å². The van der Waals surface area contributed by atoms with E-state index in [-0.39, 0.29) is 6.17 Å². The zero-order chi connectivity index (χ0) is 32.3. The van der Waals surface area contributed by atoms with Crippen molar-refractivity contribution in [2.24, 2.45) is 9.98 Å². The van der Waals surface area contributed by atoms with Crippen molar-refractivity contribution in [2.45, 2.75) is 6.17 Å². The first-order valence-corrected chi connectivity index (χ1v) is 16.6. The highest BCUT2D eigenvalue weighted by Gasteiger charge is 2.24. The molecule has 49 heavy (non-hydrogen) atoms. The summed E-state index contributed by atoms with van der Waals surface area (Å²) in [7, 11) is 0. The van der Waals surface area contributed by atoms with Crippen LogP contribution < -0.4 is 5.32 Å². The van der Waals surface area contributed by atoms with E-state index in [2.05, 4.69) is 139 Å². The van der Waals surface area contributed by atoms with E-state index in [0.717, 1.165) is 55.6 Å². The Hall–Kier alpha value is -6.52. The Bertz CT molecular complexity index is 2810. The number of rotatable bonds is 4. The Labute approximate surface area is 282 Å². The molecule has 1 aliphatic heterocycles. The number of hydrogen-bond donors (Lipinski definition) is 1. The van der Waals surface area contributed by atoms with Crippen molar-refractivity contribution < 1.29 is 4.42 Å². The SMILES string of the molecule is c1ccc(C2=NC(c3cccc4oc5c(-c6ccc7ccccc7c6)cccc5c34)=NC(c3ccc4ccc5ccccc5c4c3)N2)cc1. The molecule has 0 spiro atoms. The Kier molecular flexibility index (Phi) is 6.21. The number of hydrogen-bond acceptors (Lipinski definition) is 4. The smallest absolute Gasteiger partial charge is 0.160 e. The molecule has 10 rings (SSSR count). The van der Waals surface area contributed by atoms with E-state index in [1.807, 2.05) is 30.3 Å². The summed E-state index contributed by atoms with van der Waals surface area (Å²) in [6.07, 6.45) is -0.340. The molecule has 0 bridgehead atoms. The lowest BCUT2D eigenvalue weighted by Crippen LogP contribution is -2.33. The van der Waals surface area contributed by atoms with Gasteiger partial charge in [-0.1, -0.05) is 146 Å². The normalized spacial score (nSPS) is 14.7. The lowest BCUT2D eigenvalue weighted by atomic mass is 9.98. The van der Waals surface area contributed by atoms with Gasteiger partial charge in [0.25, 0.3) is 0 Å². The molecule has 4 heteroatoms. The number of fused-ring (bicyclic) bond motifs is 7. The molecule has 1 unspecified atom stereocenters. The van der Waals surface area contributed by atoms with Crippen molar-refractivity contribution in [3.63, 3.8) is 0 Å². The van der Waals surface area contributed by atoms with E-state index in [1.54, 1.807) is 0 Å². The van der Waals surface area contributed by atoms with Crippen molar-refractivity contribution in [2.75, 3.05) is 0 Å². The molecule has 0 radical (unpaired) electrons. The van der Waals surface area contributed by atoms with Crippen molar-refractivity contribution in [1.29, 1.82) is 0 Å². The fraction of sp³-hybridized carbons (Fsp3) is 0.0222. The van der Waals surface area contributed by atoms with Gasteiger partial charge in [0.2, 0.25) is 0 Å². The second kappa shape index (κ2) is 11.0. The van der Waals surface area contributed by atoms with Crippen molar-refractivity contribution in [1.82, 2.24) is 5.32 Å². The Morgan fingerprint density at radius 2 is 1.18 bits per heavy atom. The zero-order valence-electron chi connectivity index (χ0n) is 26.5. The van der Waals surface area contributed by atoms with Gasteiger partial charge in [0, 0.05) is 27.5 Å². The van der Waals surface area contributed by atoms with Gasteiger partial charge in [-0.15, -0.1) is 0 Å². The molecular formula is C45H29N3O. The second-order valence-corrected chi connectivity index (χ2v) is 12.6. The molecule has 1 aliphatic rings. The van der Waals surface area contributed by atoms with Gasteiger partial charge in [-0.3, -0.25) is 0 Å². The lowest BCUT2D eigenvalue weighted by Gasteiger charge is -2.24. The highest BCUT2D eigenvalue weighted by Crippen LogP contribution is 2.39. The van der Waals surface area contributed by atoms with Crippen molar-refractivity contribution in [3.05, 3.63) is 180 Å². The fourth-order valence-electron chi connectivity index (χ4n) is 7.29. The summed E-state index contributed by atoms with van der Waals surface area (Å²) in [5.74, 6) is 1.46. The maximum atomic E-state index is 6.67. The third kappa shape index (κ3) is 4.61. The van der Waals surface area contributed by atoms with Crippen LogP contribution >= 0.6 is 0 Å². The van der Waals surface area contributed by atoms with E-state index < -0.39 is 0 Å². The average Bonchev–Trinajstić information content (AvgIpc) is 3.57. The van der Waals surface area contributed by atoms with Gasteiger partial charge in [0.05, 0.1) is 0 Å². The highest BCUT2D eigenvalue weighted by molar-refractivity contribution is 6.23. The summed E-state index contributed by atoms with van der Waals surface area (Å²) in [5.41, 5.74) is 6.89. The van der Waals surface area contributed by atoms with Crippen LogP contribution in [0.2, 0.25) is 0 Å². The third-order valence-electron chi connectivity index (χ3n) is 9.70. The van der Waals surface area contributed by atoms with E-state index in [4.69, 9.17) is 14.4 Å². The maximum Gasteiger partial charge on any atom is 0.160 e. The minimum atomic E-state index is -0.340. The summed E-state index contributed by atoms with van der Waals surface area (Å²) in [6.45, 7) is 0. The predicted molar refractivity (Wildman–Crippen MR) is 204 cm³/mol. The summed E-state index contributed by atoms with van der Waals surface area (Å²) in [6, 6.07) is 57.5. The van der Waals surface area contributed by atoms with Crippen LogP contribution in [0.5, 0.6) is 0 Å². The van der Waals surface area contributed by atoms with Crippen LogP contribution in [0, 0.1) is 0 Å². The lowest BCUT2D eigenvalue weighted by molar-refractivity contribution is 0.669. The third-order valence-corrected chi connectivity index (χ3v) is 9.70. The minimum Gasteiger partial charge on any atom is -0.455 e. The second-order valence-electron chi connectivity index (χ2n) is 12.6. The van der Waals surface area contributed by atoms with E-state index in [1.165, 1.54) is 32.3 Å². The first-order chi connectivity index (χ1) is 24.3. The van der Waals surface area contributed by atoms with Crippen LogP contribution in [-0.2, 0) is 0 Å². The number of nitrogens with one attached hydrogen (secondary N) is 1. The topological polar surface area (TPSA) is 49.9 Å². The predicted octanol–water partition coefficient (Wildman–Crippen LogP) is 11.2. The monoisotopic (exact) mass is 627 g/mol. The summed E-state index contributed by atoms with van der Waals surface area (Å²) >= 11 is 0. The standard InChI is InChI=1S/C45H29N3O/c1-2-12-31(13-3-1)43-46-44(34-25-23-30-22-21-29-11-6-7-15-35(29)39(30)27-34)48-45(47-43)38-18-9-19-40-41(38)37-17-8-16-36(42(37)49-40)33-24-20-28-10-4-5-14-32(28)26-33/h1-27,44H,(H,46,47,48). The molecule has 0 fully saturated rings. The summed E-state index contributed by atoms with van der Waals surface area (Å²) < 4.78 is 6.67. The minimum absolute atomic E-state index is 0.340. The average molecular weight is 628 g/mol. The molecular weight excluding hydrogens is 599 g/mol. The van der Waals surface area contributed by atoms with Crippen LogP contribution in [-0.4, -0.2) is 11.7 Å². The summed E-state index contributed by atoms with van der Waals surface area (Å²) in [4.78, 5) is 10.5. The van der Waals surface area contributed by atoms with Crippen LogP contribution in [0.25, 0.3) is 65.4 Å². The fourth-order valence-corrected chi connectivity index (χ4v) is 7.29. The molecule has 0 saturated carbocycles. The number of para-hydroxylation sites is 1. The van der Waals surface area contributed by atoms with Crippen LogP contribution in [0.1, 0.15) is 22.9 Å². The van der Waals surface area contributed by atoms with Crippen LogP contribution in [0.4, 0.5) is 0 Å². The van der Waals surface area contributed by atoms with Gasteiger partial charge >= 0.3 is 0 Å². The first kappa shape index (κ1) is 27.6. The van der Waals surface area contributed by atoms with Gasteiger partial charge in [-0.05, 0) is 61.6 Å². The van der Waals surface area contributed by atoms with Gasteiger partial charge in [0.15, 0.2) is 5.84 Å². The molecule has 0 aliphatic carbocycles. The first-order valence-electron chi connectivity index (χ1n) is 16.6. The number of furan rings is 1. The molecule has 9 aromatic rings. The van der Waals surface area contributed by atoms with Gasteiger partial charge < -0.3 is 9.73 Å². The van der Waals surface area contributed by atoms with Gasteiger partial charge in [0.1, 0.15) is 23.2 Å². The number of aliphatic imine (C=N–C) groups is 2. The Balaban J connectivity index is 1.16. The summed E-state index contributed by atoms with van der Waals surface area (Å²) in [5, 5.41) is 13.0. The highest BCUT2D eigenvalue weighted by atomic mass is 16.3. The maximum absolute atomic E-state index is 6.67. The Morgan fingerprint density at radius 1 is 0.490 bits per heavy atom. The van der Waals surface area contributed by atoms with Crippen molar-refractivity contribution >= 4 is 65.9 Å². The molecule has 4 nitrogen and oxygen atoms in total. The number of benzene rings is 8. The van der Waals surface area contributed by atoms with E-state index >= 15 is 0 Å². The van der Waals surface area contributed by atoms with Crippen molar-refractivity contribution in [3.8, 4) is 11.1 Å². The number of nitrogens with zero attached hydrogens (tertiary/aromatic N) is 2. The quantitative estimate of drug-likeness (QED) is 0.197. The largest absolute Gasteiger partial charge is 0.455 e. The van der Waals surface area contributed by atoms with Crippen LogP contribution in [0.15, 0.2) is 178 Å². The molecule has 0 saturated heterocycles. The molecule has 1 aromatic heterocycles. The Morgan fingerprint density at radius 3 is 2.08 bits per heavy atom. The zero-order valence-corrected chi connectivity index (χ0v) is 26.5. The molecule has 1 N–H and O–H groups in total. The van der Waals surface area contributed by atoms with Crippen LogP contribution in [0.3, 0.4) is 0 Å². The molecule has 230 valence electrons. The molecule has 0 amide bonds. The number of amidine groups is 2. The van der Waals surface area contributed by atoms with E-state index in [9.17, 15) is 0 Å². The molecule has 8 aromatic carbocycles. The molecule has 2 heterocycles. The van der Waals surface area contributed by atoms with Gasteiger partial charge in [-0.2, -0.15) is 0 Å². The molecule has 1 atom stereocenters. The van der Waals surface area contributed by atoms with E-state index in [0.29, 0.717) is 5.84 Å².